The SMILES string of the molecule is c1ccc(/C(=C(\c2ccccc2)c2ccccc2-c2ccncc2)c2ccccc2-c2ccncc2)cc1. The summed E-state index contributed by atoms with van der Waals surface area (Å²) in [5.41, 5.74) is 11.7. The summed E-state index contributed by atoms with van der Waals surface area (Å²) < 4.78 is 0. The molecular formula is C36H26N2. The third kappa shape index (κ3) is 4.68. The van der Waals surface area contributed by atoms with Gasteiger partial charge in [0.15, 0.2) is 0 Å². The van der Waals surface area contributed by atoms with Gasteiger partial charge in [0.1, 0.15) is 0 Å². The molecule has 0 saturated heterocycles. The fourth-order valence-electron chi connectivity index (χ4n) is 5.05. The van der Waals surface area contributed by atoms with Crippen molar-refractivity contribution < 1.29 is 0 Å². The number of hydrogen-bond acceptors (Lipinski definition) is 2. The molecule has 2 aromatic heterocycles. The van der Waals surface area contributed by atoms with E-state index >= 15 is 0 Å². The smallest absolute Gasteiger partial charge is 0.0273 e. The van der Waals surface area contributed by atoms with E-state index in [0.717, 1.165) is 22.3 Å². The Morgan fingerprint density at radius 1 is 0.342 bits per heavy atom. The molecule has 0 aliphatic heterocycles. The number of aromatic nitrogens is 2. The molecule has 38 heavy (non-hydrogen) atoms. The van der Waals surface area contributed by atoms with Gasteiger partial charge in [-0.25, -0.2) is 0 Å². The van der Waals surface area contributed by atoms with Crippen LogP contribution in [0.25, 0.3) is 33.4 Å². The highest BCUT2D eigenvalue weighted by Crippen LogP contribution is 2.43. The van der Waals surface area contributed by atoms with Crippen LogP contribution in [0.4, 0.5) is 0 Å². The predicted molar refractivity (Wildman–Crippen MR) is 157 cm³/mol. The van der Waals surface area contributed by atoms with Crippen LogP contribution in [-0.4, -0.2) is 9.97 Å². The first-order valence-electron chi connectivity index (χ1n) is 12.7. The molecule has 0 spiro atoms. The zero-order chi connectivity index (χ0) is 25.6. The van der Waals surface area contributed by atoms with Gasteiger partial charge in [0.25, 0.3) is 0 Å². The number of hydrogen-bond donors (Lipinski definition) is 0. The normalized spacial score (nSPS) is 11.6. The van der Waals surface area contributed by atoms with Crippen LogP contribution in [-0.2, 0) is 0 Å². The third-order valence-electron chi connectivity index (χ3n) is 6.75. The van der Waals surface area contributed by atoms with E-state index in [0.29, 0.717) is 0 Å². The van der Waals surface area contributed by atoms with Gasteiger partial charge >= 0.3 is 0 Å². The van der Waals surface area contributed by atoms with Gasteiger partial charge in [-0.1, -0.05) is 109 Å². The molecule has 2 heteroatoms. The van der Waals surface area contributed by atoms with Gasteiger partial charge in [-0.05, 0) is 79.9 Å². The molecule has 0 fully saturated rings. The Balaban J connectivity index is 1.76. The number of nitrogens with zero attached hydrogens (tertiary/aromatic N) is 2. The van der Waals surface area contributed by atoms with Gasteiger partial charge in [0.2, 0.25) is 0 Å². The quantitative estimate of drug-likeness (QED) is 0.220. The second-order valence-corrected chi connectivity index (χ2v) is 9.04. The Hall–Kier alpha value is -5.08. The minimum Gasteiger partial charge on any atom is -0.265 e. The van der Waals surface area contributed by atoms with Gasteiger partial charge < -0.3 is 0 Å². The highest BCUT2D eigenvalue weighted by molar-refractivity contribution is 6.09. The van der Waals surface area contributed by atoms with Crippen LogP contribution in [0.1, 0.15) is 22.3 Å². The Morgan fingerprint density at radius 2 is 0.684 bits per heavy atom. The van der Waals surface area contributed by atoms with E-state index in [1.165, 1.54) is 33.4 Å². The highest BCUT2D eigenvalue weighted by Gasteiger charge is 2.21. The van der Waals surface area contributed by atoms with Crippen LogP contribution in [0.3, 0.4) is 0 Å². The van der Waals surface area contributed by atoms with Crippen LogP contribution in [0, 0.1) is 0 Å². The Bertz CT molecular complexity index is 1550. The molecule has 6 rings (SSSR count). The molecule has 0 bridgehead atoms. The van der Waals surface area contributed by atoms with E-state index in [2.05, 4.69) is 143 Å². The van der Waals surface area contributed by atoms with E-state index in [4.69, 9.17) is 0 Å². The van der Waals surface area contributed by atoms with Crippen molar-refractivity contribution in [1.82, 2.24) is 9.97 Å². The van der Waals surface area contributed by atoms with Gasteiger partial charge in [0, 0.05) is 24.8 Å². The van der Waals surface area contributed by atoms with E-state index < -0.39 is 0 Å². The predicted octanol–water partition coefficient (Wildman–Crippen LogP) is 8.82. The highest BCUT2D eigenvalue weighted by atomic mass is 14.6. The van der Waals surface area contributed by atoms with Gasteiger partial charge in [-0.3, -0.25) is 9.97 Å². The minimum absolute atomic E-state index is 1.14. The van der Waals surface area contributed by atoms with Crippen LogP contribution in [0.5, 0.6) is 0 Å². The van der Waals surface area contributed by atoms with E-state index in [9.17, 15) is 0 Å². The molecule has 0 aliphatic carbocycles. The lowest BCUT2D eigenvalue weighted by atomic mass is 9.81. The molecule has 180 valence electrons. The van der Waals surface area contributed by atoms with Crippen molar-refractivity contribution in [2.24, 2.45) is 0 Å². The summed E-state index contributed by atoms with van der Waals surface area (Å²) in [7, 11) is 0. The largest absolute Gasteiger partial charge is 0.265 e. The molecule has 0 radical (unpaired) electrons. The summed E-state index contributed by atoms with van der Waals surface area (Å²) in [5.74, 6) is 0. The monoisotopic (exact) mass is 486 g/mol. The van der Waals surface area contributed by atoms with Gasteiger partial charge in [0.05, 0.1) is 0 Å². The average molecular weight is 487 g/mol. The van der Waals surface area contributed by atoms with Crippen molar-refractivity contribution in [2.75, 3.05) is 0 Å². The van der Waals surface area contributed by atoms with Crippen molar-refractivity contribution in [3.05, 3.63) is 181 Å². The Morgan fingerprint density at radius 3 is 1.08 bits per heavy atom. The second-order valence-electron chi connectivity index (χ2n) is 9.04. The average Bonchev–Trinajstić information content (AvgIpc) is 3.02. The summed E-state index contributed by atoms with van der Waals surface area (Å²) in [4.78, 5) is 8.52. The van der Waals surface area contributed by atoms with Crippen LogP contribution < -0.4 is 0 Å². The number of benzene rings is 4. The molecule has 6 aromatic rings. The Labute approximate surface area is 223 Å². The van der Waals surface area contributed by atoms with Crippen molar-refractivity contribution >= 4 is 11.1 Å². The third-order valence-corrected chi connectivity index (χ3v) is 6.75. The zero-order valence-electron chi connectivity index (χ0n) is 20.9. The maximum absolute atomic E-state index is 4.26. The lowest BCUT2D eigenvalue weighted by Gasteiger charge is -2.22. The van der Waals surface area contributed by atoms with Crippen molar-refractivity contribution in [3.63, 3.8) is 0 Å². The van der Waals surface area contributed by atoms with Gasteiger partial charge in [-0.15, -0.1) is 0 Å². The molecule has 2 nitrogen and oxygen atoms in total. The maximum Gasteiger partial charge on any atom is 0.0273 e. The molecule has 0 aliphatic rings. The molecule has 0 unspecified atom stereocenters. The van der Waals surface area contributed by atoms with E-state index in [-0.39, 0.29) is 0 Å². The van der Waals surface area contributed by atoms with E-state index in [1.54, 1.807) is 0 Å². The summed E-state index contributed by atoms with van der Waals surface area (Å²) in [5, 5.41) is 0. The topological polar surface area (TPSA) is 25.8 Å². The van der Waals surface area contributed by atoms with Crippen molar-refractivity contribution in [3.8, 4) is 22.3 Å². The molecule has 0 atom stereocenters. The lowest BCUT2D eigenvalue weighted by Crippen LogP contribution is -2.01. The first-order valence-corrected chi connectivity index (χ1v) is 12.7. The lowest BCUT2D eigenvalue weighted by molar-refractivity contribution is 1.33. The maximum atomic E-state index is 4.26. The zero-order valence-corrected chi connectivity index (χ0v) is 20.9. The van der Waals surface area contributed by atoms with Gasteiger partial charge in [-0.2, -0.15) is 0 Å². The molecule has 4 aromatic carbocycles. The van der Waals surface area contributed by atoms with Crippen LogP contribution in [0.2, 0.25) is 0 Å². The number of pyridine rings is 2. The van der Waals surface area contributed by atoms with Crippen molar-refractivity contribution in [2.45, 2.75) is 0 Å². The number of rotatable bonds is 6. The fraction of sp³-hybridized carbons (Fsp3) is 0. The molecular weight excluding hydrogens is 460 g/mol. The van der Waals surface area contributed by atoms with Crippen molar-refractivity contribution in [1.29, 1.82) is 0 Å². The first-order chi connectivity index (χ1) is 18.9. The molecule has 2 heterocycles. The minimum atomic E-state index is 1.14. The molecule has 0 N–H and O–H groups in total. The van der Waals surface area contributed by atoms with Crippen LogP contribution in [0.15, 0.2) is 158 Å². The summed E-state index contributed by atoms with van der Waals surface area (Å²) >= 11 is 0. The second kappa shape index (κ2) is 10.9. The standard InChI is InChI=1S/C36H26N2/c1-3-11-29(12-4-1)35(33-17-9-7-15-31(33)27-19-23-37-24-20-27)36(30-13-5-2-6-14-30)34-18-10-8-16-32(34)28-21-25-38-26-22-28/h1-26H/b36-35-. The molecule has 0 amide bonds. The summed E-state index contributed by atoms with van der Waals surface area (Å²) in [6.45, 7) is 0. The van der Waals surface area contributed by atoms with Crippen LogP contribution >= 0.6 is 0 Å². The fourth-order valence-corrected chi connectivity index (χ4v) is 5.05. The summed E-state index contributed by atoms with van der Waals surface area (Å²) in [6, 6.07) is 47.1. The van der Waals surface area contributed by atoms with E-state index in [1.807, 2.05) is 24.8 Å². The Kier molecular flexibility index (Phi) is 6.69. The first kappa shape index (κ1) is 23.3. The summed E-state index contributed by atoms with van der Waals surface area (Å²) in [6.07, 6.45) is 7.42. The molecule has 0 saturated carbocycles.